The van der Waals surface area contributed by atoms with Crippen molar-refractivity contribution in [2.75, 3.05) is 5.73 Å². The molecule has 0 unspecified atom stereocenters. The molecule has 2 aromatic heterocycles. The summed E-state index contributed by atoms with van der Waals surface area (Å²) in [7, 11) is 1.71. The number of aryl methyl sites for hydroxylation is 2. The Balaban J connectivity index is 1.64. The largest absolute Gasteiger partial charge is 0.485 e. The number of ether oxygens (including phenoxy) is 1. The van der Waals surface area contributed by atoms with Gasteiger partial charge in [-0.25, -0.2) is 0 Å². The summed E-state index contributed by atoms with van der Waals surface area (Å²) in [4.78, 5) is 12.4. The van der Waals surface area contributed by atoms with Gasteiger partial charge in [-0.15, -0.1) is 0 Å². The van der Waals surface area contributed by atoms with E-state index in [0.29, 0.717) is 11.4 Å². The molecule has 3 rings (SSSR count). The number of anilines is 1. The Kier molecular flexibility index (Phi) is 4.22. The lowest BCUT2D eigenvalue weighted by Gasteiger charge is -2.21. The molecule has 124 valence electrons. The Bertz CT molecular complexity index is 692. The number of nitrogens with one attached hydrogen (secondary N) is 1. The first-order valence-corrected chi connectivity index (χ1v) is 7.86. The maximum absolute atomic E-state index is 12.4. The van der Waals surface area contributed by atoms with Crippen molar-refractivity contribution in [3.8, 4) is 5.75 Å². The van der Waals surface area contributed by atoms with E-state index in [1.54, 1.807) is 13.2 Å². The summed E-state index contributed by atoms with van der Waals surface area (Å²) in [6.45, 7) is 2.82. The lowest BCUT2D eigenvalue weighted by Crippen LogP contribution is -2.42. The van der Waals surface area contributed by atoms with Crippen molar-refractivity contribution in [3.05, 3.63) is 24.2 Å². The SMILES string of the molecule is CCn1cc(O[C@@H]2CCC[C@@H]2NC(=O)c2cnn(C)c2N)cn1. The zero-order chi connectivity index (χ0) is 16.4. The van der Waals surface area contributed by atoms with Crippen LogP contribution in [0.4, 0.5) is 5.82 Å². The van der Waals surface area contributed by atoms with Gasteiger partial charge in [-0.05, 0) is 26.2 Å². The van der Waals surface area contributed by atoms with E-state index in [4.69, 9.17) is 10.5 Å². The minimum Gasteiger partial charge on any atom is -0.485 e. The molecule has 0 radical (unpaired) electrons. The third-order valence-electron chi connectivity index (χ3n) is 4.22. The van der Waals surface area contributed by atoms with Crippen LogP contribution in [0.3, 0.4) is 0 Å². The number of nitrogens with zero attached hydrogens (tertiary/aromatic N) is 4. The van der Waals surface area contributed by atoms with Gasteiger partial charge in [0.15, 0.2) is 5.75 Å². The van der Waals surface area contributed by atoms with E-state index in [-0.39, 0.29) is 18.1 Å². The van der Waals surface area contributed by atoms with E-state index >= 15 is 0 Å². The Morgan fingerprint density at radius 1 is 1.43 bits per heavy atom. The lowest BCUT2D eigenvalue weighted by atomic mass is 10.2. The van der Waals surface area contributed by atoms with Crippen molar-refractivity contribution in [1.29, 1.82) is 0 Å². The second-order valence-electron chi connectivity index (χ2n) is 5.77. The average molecular weight is 318 g/mol. The summed E-state index contributed by atoms with van der Waals surface area (Å²) in [5.41, 5.74) is 6.25. The fourth-order valence-corrected chi connectivity index (χ4v) is 2.85. The molecular weight excluding hydrogens is 296 g/mol. The molecule has 0 saturated heterocycles. The fraction of sp³-hybridized carbons (Fsp3) is 0.533. The van der Waals surface area contributed by atoms with Crippen LogP contribution in [-0.4, -0.2) is 37.6 Å². The van der Waals surface area contributed by atoms with Crippen LogP contribution < -0.4 is 15.8 Å². The summed E-state index contributed by atoms with van der Waals surface area (Å²) in [6.07, 6.45) is 7.83. The minimum atomic E-state index is -0.208. The molecule has 0 aliphatic heterocycles. The van der Waals surface area contributed by atoms with Crippen molar-refractivity contribution >= 4 is 11.7 Å². The van der Waals surface area contributed by atoms with Crippen LogP contribution in [0.25, 0.3) is 0 Å². The molecule has 8 heteroatoms. The third-order valence-corrected chi connectivity index (χ3v) is 4.22. The standard InChI is InChI=1S/C15H22N6O2/c1-3-21-9-10(7-18-21)23-13-6-4-5-12(13)19-15(22)11-8-17-20(2)14(11)16/h7-9,12-13H,3-6,16H2,1-2H3,(H,19,22)/t12-,13+/m0/s1. The predicted octanol–water partition coefficient (Wildman–Crippen LogP) is 0.949. The van der Waals surface area contributed by atoms with Crippen molar-refractivity contribution in [2.24, 2.45) is 7.05 Å². The summed E-state index contributed by atoms with van der Waals surface area (Å²) in [6, 6.07) is -0.0351. The maximum Gasteiger partial charge on any atom is 0.257 e. The minimum absolute atomic E-state index is 0.0351. The second kappa shape index (κ2) is 6.31. The third kappa shape index (κ3) is 3.15. The van der Waals surface area contributed by atoms with Crippen LogP contribution in [-0.2, 0) is 13.6 Å². The monoisotopic (exact) mass is 318 g/mol. The van der Waals surface area contributed by atoms with Gasteiger partial charge in [-0.2, -0.15) is 10.2 Å². The molecule has 1 aliphatic rings. The molecular formula is C15H22N6O2. The number of rotatable bonds is 5. The molecule has 2 aromatic rings. The highest BCUT2D eigenvalue weighted by Gasteiger charge is 2.31. The number of nitrogens with two attached hydrogens (primary N) is 1. The molecule has 1 amide bonds. The average Bonchev–Trinajstić information content (AvgIpc) is 3.23. The number of carbonyl (C=O) groups excluding carboxylic acids is 1. The van der Waals surface area contributed by atoms with E-state index < -0.39 is 0 Å². The molecule has 0 aromatic carbocycles. The highest BCUT2D eigenvalue weighted by molar-refractivity contribution is 5.98. The van der Waals surface area contributed by atoms with Gasteiger partial charge < -0.3 is 15.8 Å². The molecule has 3 N–H and O–H groups in total. The summed E-state index contributed by atoms with van der Waals surface area (Å²) >= 11 is 0. The molecule has 2 atom stereocenters. The highest BCUT2D eigenvalue weighted by Crippen LogP contribution is 2.25. The molecule has 2 heterocycles. The van der Waals surface area contributed by atoms with Crippen molar-refractivity contribution in [3.63, 3.8) is 0 Å². The Labute approximate surface area is 134 Å². The highest BCUT2D eigenvalue weighted by atomic mass is 16.5. The van der Waals surface area contributed by atoms with Crippen molar-refractivity contribution in [1.82, 2.24) is 24.9 Å². The van der Waals surface area contributed by atoms with Crippen LogP contribution >= 0.6 is 0 Å². The number of hydrogen-bond donors (Lipinski definition) is 2. The molecule has 1 aliphatic carbocycles. The summed E-state index contributed by atoms with van der Waals surface area (Å²) in [5, 5.41) is 11.2. The van der Waals surface area contributed by atoms with Gasteiger partial charge in [-0.3, -0.25) is 14.2 Å². The zero-order valence-corrected chi connectivity index (χ0v) is 13.4. The van der Waals surface area contributed by atoms with Crippen LogP contribution in [0.15, 0.2) is 18.6 Å². The molecule has 1 fully saturated rings. The van der Waals surface area contributed by atoms with Crippen LogP contribution in [0.2, 0.25) is 0 Å². The normalized spacial score (nSPS) is 20.6. The summed E-state index contributed by atoms with van der Waals surface area (Å²) < 4.78 is 9.29. The van der Waals surface area contributed by atoms with E-state index in [0.717, 1.165) is 31.6 Å². The van der Waals surface area contributed by atoms with Gasteiger partial charge in [0.1, 0.15) is 17.5 Å². The van der Waals surface area contributed by atoms with Gasteiger partial charge in [0, 0.05) is 13.6 Å². The van der Waals surface area contributed by atoms with E-state index in [1.165, 1.54) is 10.9 Å². The fourth-order valence-electron chi connectivity index (χ4n) is 2.85. The Morgan fingerprint density at radius 3 is 2.91 bits per heavy atom. The number of carbonyl (C=O) groups is 1. The maximum atomic E-state index is 12.4. The Morgan fingerprint density at radius 2 is 2.26 bits per heavy atom. The van der Waals surface area contributed by atoms with Crippen LogP contribution in [0.5, 0.6) is 5.75 Å². The van der Waals surface area contributed by atoms with Gasteiger partial charge >= 0.3 is 0 Å². The smallest absolute Gasteiger partial charge is 0.257 e. The lowest BCUT2D eigenvalue weighted by molar-refractivity contribution is 0.0895. The van der Waals surface area contributed by atoms with Crippen molar-refractivity contribution in [2.45, 2.75) is 44.9 Å². The summed E-state index contributed by atoms with van der Waals surface area (Å²) in [5.74, 6) is 0.890. The van der Waals surface area contributed by atoms with Crippen molar-refractivity contribution < 1.29 is 9.53 Å². The van der Waals surface area contributed by atoms with E-state index in [2.05, 4.69) is 15.5 Å². The molecule has 23 heavy (non-hydrogen) atoms. The molecule has 8 nitrogen and oxygen atoms in total. The van der Waals surface area contributed by atoms with Gasteiger partial charge in [0.2, 0.25) is 0 Å². The van der Waals surface area contributed by atoms with Gasteiger partial charge in [-0.1, -0.05) is 0 Å². The Hall–Kier alpha value is -2.51. The molecule has 0 bridgehead atoms. The topological polar surface area (TPSA) is 100.0 Å². The van der Waals surface area contributed by atoms with Crippen LogP contribution in [0, 0.1) is 0 Å². The van der Waals surface area contributed by atoms with Gasteiger partial charge in [0.05, 0.1) is 24.6 Å². The zero-order valence-electron chi connectivity index (χ0n) is 13.4. The number of hydrogen-bond acceptors (Lipinski definition) is 5. The number of amides is 1. The molecule has 0 spiro atoms. The molecule has 1 saturated carbocycles. The number of aromatic nitrogens is 4. The quantitative estimate of drug-likeness (QED) is 0.855. The first-order chi connectivity index (χ1) is 11.1. The van der Waals surface area contributed by atoms with E-state index in [9.17, 15) is 4.79 Å². The second-order valence-corrected chi connectivity index (χ2v) is 5.77. The van der Waals surface area contributed by atoms with Gasteiger partial charge in [0.25, 0.3) is 5.91 Å². The first-order valence-electron chi connectivity index (χ1n) is 7.86. The number of nitrogen functional groups attached to an aromatic ring is 1. The van der Waals surface area contributed by atoms with E-state index in [1.807, 2.05) is 17.8 Å². The first kappa shape index (κ1) is 15.4. The predicted molar refractivity (Wildman–Crippen MR) is 85.0 cm³/mol. The van der Waals surface area contributed by atoms with Crippen LogP contribution in [0.1, 0.15) is 36.5 Å².